The lowest BCUT2D eigenvalue weighted by Gasteiger charge is -2.36. The van der Waals surface area contributed by atoms with Crippen molar-refractivity contribution < 1.29 is 64.3 Å². The van der Waals surface area contributed by atoms with Crippen LogP contribution in [0, 0.1) is 31.6 Å². The lowest BCUT2D eigenvalue weighted by Crippen LogP contribution is -2.65. The number of hydrogen-bond acceptors (Lipinski definition) is 8. The van der Waals surface area contributed by atoms with Gasteiger partial charge in [0.25, 0.3) is 5.69 Å². The Morgan fingerprint density at radius 1 is 0.800 bits per heavy atom. The summed E-state index contributed by atoms with van der Waals surface area (Å²) in [6.45, 7) is -5.41. The van der Waals surface area contributed by atoms with E-state index in [0.29, 0.717) is 18.2 Å². The Bertz CT molecular complexity index is 1680. The van der Waals surface area contributed by atoms with E-state index in [-0.39, 0.29) is 22.8 Å². The molecule has 0 aliphatic heterocycles. The minimum Gasteiger partial charge on any atom is -0.487 e. The highest BCUT2D eigenvalue weighted by molar-refractivity contribution is 5.96. The molecule has 0 heterocycles. The molecule has 0 bridgehead atoms. The van der Waals surface area contributed by atoms with Gasteiger partial charge in [0.2, 0.25) is 0 Å². The van der Waals surface area contributed by atoms with E-state index in [4.69, 9.17) is 5.26 Å². The van der Waals surface area contributed by atoms with Crippen molar-refractivity contribution in [2.75, 3.05) is 13.2 Å². The number of nitrogens with zero attached hydrogens (tertiary/aromatic N) is 3. The van der Waals surface area contributed by atoms with E-state index in [2.05, 4.69) is 9.47 Å². The van der Waals surface area contributed by atoms with E-state index in [1.807, 2.05) is 0 Å². The average molecular weight is 649 g/mol. The van der Waals surface area contributed by atoms with E-state index in [9.17, 15) is 65.3 Å². The smallest absolute Gasteiger partial charge is 0.381 e. The van der Waals surface area contributed by atoms with Crippen LogP contribution in [0.15, 0.2) is 60.7 Å². The zero-order valence-corrected chi connectivity index (χ0v) is 21.9. The number of alkyl halides is 8. The maximum Gasteiger partial charge on any atom is 0.381 e. The summed E-state index contributed by atoms with van der Waals surface area (Å²) in [6.07, 6.45) is 0. The molecule has 11 nitrogen and oxygen atoms in total. The first-order valence-electron chi connectivity index (χ1n) is 11.8. The SMILES string of the molecule is N#Cc1ccc(-c2cc(OCC(F)(F)C(F)(F)C(F)(F)C(F)(F)COc3ccc([N+](=O)[O-])cc3[N+](=O)[O-])ccc2C(=O)O)cc1. The van der Waals surface area contributed by atoms with Crippen LogP contribution in [0.5, 0.6) is 11.5 Å². The molecule has 238 valence electrons. The van der Waals surface area contributed by atoms with Crippen molar-refractivity contribution in [3.05, 3.63) is 92.0 Å². The van der Waals surface area contributed by atoms with Gasteiger partial charge in [-0.05, 0) is 47.5 Å². The Morgan fingerprint density at radius 2 is 1.36 bits per heavy atom. The van der Waals surface area contributed by atoms with E-state index in [1.165, 1.54) is 24.3 Å². The summed E-state index contributed by atoms with van der Waals surface area (Å²) in [7, 11) is 0. The molecule has 0 fully saturated rings. The first-order chi connectivity index (χ1) is 20.8. The zero-order valence-electron chi connectivity index (χ0n) is 21.9. The van der Waals surface area contributed by atoms with E-state index >= 15 is 0 Å². The van der Waals surface area contributed by atoms with Gasteiger partial charge < -0.3 is 14.6 Å². The van der Waals surface area contributed by atoms with Crippen LogP contribution in [-0.4, -0.2) is 57.8 Å². The second-order valence-corrected chi connectivity index (χ2v) is 9.00. The van der Waals surface area contributed by atoms with Crippen molar-refractivity contribution in [2.24, 2.45) is 0 Å². The molecule has 3 aromatic rings. The third-order valence-corrected chi connectivity index (χ3v) is 6.04. The molecule has 19 heteroatoms. The number of carboxylic acids is 1. The molecule has 0 amide bonds. The fourth-order valence-electron chi connectivity index (χ4n) is 3.63. The van der Waals surface area contributed by atoms with Gasteiger partial charge >= 0.3 is 35.3 Å². The summed E-state index contributed by atoms with van der Waals surface area (Å²) in [5.74, 6) is -29.4. The topological polar surface area (TPSA) is 166 Å². The Morgan fingerprint density at radius 3 is 1.84 bits per heavy atom. The number of non-ortho nitro benzene ring substituents is 1. The monoisotopic (exact) mass is 649 g/mol. The van der Waals surface area contributed by atoms with Gasteiger partial charge in [-0.2, -0.15) is 40.4 Å². The third kappa shape index (κ3) is 6.68. The molecule has 0 aliphatic carbocycles. The highest BCUT2D eigenvalue weighted by atomic mass is 19.4. The minimum atomic E-state index is -6.87. The molecule has 0 radical (unpaired) electrons. The van der Waals surface area contributed by atoms with Gasteiger partial charge in [0.1, 0.15) is 5.75 Å². The number of nitriles is 1. The highest BCUT2D eigenvalue weighted by Crippen LogP contribution is 2.53. The molecule has 45 heavy (non-hydrogen) atoms. The molecular formula is C26H15F8N3O8. The van der Waals surface area contributed by atoms with Crippen LogP contribution < -0.4 is 9.47 Å². The largest absolute Gasteiger partial charge is 0.487 e. The summed E-state index contributed by atoms with van der Waals surface area (Å²) in [4.78, 5) is 30.9. The number of hydrogen-bond donors (Lipinski definition) is 1. The molecule has 3 rings (SSSR count). The zero-order chi connectivity index (χ0) is 34.0. The number of nitro groups is 2. The number of aromatic carboxylic acids is 1. The minimum absolute atomic E-state index is 0.0911. The lowest BCUT2D eigenvalue weighted by molar-refractivity contribution is -0.395. The number of halogens is 8. The Labute approximate surface area is 245 Å². The van der Waals surface area contributed by atoms with Crippen LogP contribution in [0.4, 0.5) is 46.5 Å². The molecule has 0 aliphatic rings. The number of ether oxygens (including phenoxy) is 2. The van der Waals surface area contributed by atoms with Crippen molar-refractivity contribution in [1.29, 1.82) is 5.26 Å². The molecular weight excluding hydrogens is 634 g/mol. The summed E-state index contributed by atoms with van der Waals surface area (Å²) in [5, 5.41) is 40.1. The summed E-state index contributed by atoms with van der Waals surface area (Å²) >= 11 is 0. The van der Waals surface area contributed by atoms with Crippen LogP contribution in [0.1, 0.15) is 15.9 Å². The summed E-state index contributed by atoms with van der Waals surface area (Å²) in [5.41, 5.74) is -2.76. The fraction of sp³-hybridized carbons (Fsp3) is 0.231. The molecule has 0 saturated heterocycles. The predicted molar refractivity (Wildman–Crippen MR) is 134 cm³/mol. The van der Waals surface area contributed by atoms with Crippen molar-refractivity contribution >= 4 is 17.3 Å². The van der Waals surface area contributed by atoms with Crippen LogP contribution in [-0.2, 0) is 0 Å². The first-order valence-corrected chi connectivity index (χ1v) is 11.8. The number of benzene rings is 3. The lowest BCUT2D eigenvalue weighted by atomic mass is 9.98. The van der Waals surface area contributed by atoms with Gasteiger partial charge in [0.05, 0.1) is 33.1 Å². The number of carbonyl (C=O) groups is 1. The molecule has 0 unspecified atom stereocenters. The second kappa shape index (κ2) is 12.2. The van der Waals surface area contributed by atoms with Crippen LogP contribution >= 0.6 is 0 Å². The fourth-order valence-corrected chi connectivity index (χ4v) is 3.63. The second-order valence-electron chi connectivity index (χ2n) is 9.00. The molecule has 3 aromatic carbocycles. The molecule has 0 spiro atoms. The Kier molecular flexibility index (Phi) is 9.22. The number of rotatable bonds is 13. The van der Waals surface area contributed by atoms with E-state index < -0.39 is 81.2 Å². The van der Waals surface area contributed by atoms with E-state index in [1.54, 1.807) is 6.07 Å². The normalized spacial score (nSPS) is 12.2. The molecule has 0 saturated carbocycles. The Hall–Kier alpha value is -5.54. The van der Waals surface area contributed by atoms with Crippen LogP contribution in [0.3, 0.4) is 0 Å². The Balaban J connectivity index is 1.84. The van der Waals surface area contributed by atoms with Gasteiger partial charge in [-0.1, -0.05) is 12.1 Å². The number of nitro benzene ring substituents is 2. The van der Waals surface area contributed by atoms with Gasteiger partial charge in [0, 0.05) is 6.07 Å². The van der Waals surface area contributed by atoms with Crippen LogP contribution in [0.2, 0.25) is 0 Å². The summed E-state index contributed by atoms with van der Waals surface area (Å²) < 4.78 is 124. The standard InChI is InChI=1S/C26H15F8N3O8/c27-23(28,12-44-17-6-7-18(22(38)39)19(10-17)15-3-1-14(11-35)2-4-15)25(31,32)26(33,34)24(29,30)13-45-21-8-5-16(36(40)41)9-20(21)37(42)43/h1-10H,12-13H2,(H,38,39). The maximum absolute atomic E-state index is 14.5. The first kappa shape index (κ1) is 34.0. The highest BCUT2D eigenvalue weighted by Gasteiger charge is 2.81. The quantitative estimate of drug-likeness (QED) is 0.120. The van der Waals surface area contributed by atoms with Crippen molar-refractivity contribution in [2.45, 2.75) is 23.7 Å². The molecule has 0 aromatic heterocycles. The summed E-state index contributed by atoms with van der Waals surface area (Å²) in [6, 6.07) is 10.1. The average Bonchev–Trinajstić information content (AvgIpc) is 2.98. The van der Waals surface area contributed by atoms with Gasteiger partial charge in [0.15, 0.2) is 19.0 Å². The van der Waals surface area contributed by atoms with Crippen LogP contribution in [0.25, 0.3) is 11.1 Å². The van der Waals surface area contributed by atoms with Gasteiger partial charge in [-0.3, -0.25) is 20.2 Å². The van der Waals surface area contributed by atoms with Crippen molar-refractivity contribution in [1.82, 2.24) is 0 Å². The third-order valence-electron chi connectivity index (χ3n) is 6.04. The molecule has 0 atom stereocenters. The molecule has 1 N–H and O–H groups in total. The van der Waals surface area contributed by atoms with Gasteiger partial charge in [-0.25, -0.2) is 4.79 Å². The maximum atomic E-state index is 14.5. The van der Waals surface area contributed by atoms with Crippen molar-refractivity contribution in [3.8, 4) is 28.7 Å². The van der Waals surface area contributed by atoms with Crippen molar-refractivity contribution in [3.63, 3.8) is 0 Å². The predicted octanol–water partition coefficient (Wildman–Crippen LogP) is 6.74. The van der Waals surface area contributed by atoms with Gasteiger partial charge in [-0.15, -0.1) is 0 Å². The number of carboxylic acid groups (broad SMARTS) is 1. The van der Waals surface area contributed by atoms with E-state index in [0.717, 1.165) is 12.1 Å².